The largest absolute Gasteiger partial charge is 0.496 e. The first kappa shape index (κ1) is 15.3. The maximum atomic E-state index is 12.0. The van der Waals surface area contributed by atoms with Crippen molar-refractivity contribution < 1.29 is 19.0 Å². The molecule has 0 N–H and O–H groups in total. The standard InChI is InChI=1S/C12H14Br2O4/c1-4-18-12(15)10-7(6-13)11(14)9(17-3)5-8(10)16-2/h5H,4,6H2,1-3H3. The minimum Gasteiger partial charge on any atom is -0.496 e. The number of benzene rings is 1. The number of carbonyl (C=O) groups is 1. The topological polar surface area (TPSA) is 44.8 Å². The summed E-state index contributed by atoms with van der Waals surface area (Å²) in [6, 6.07) is 1.66. The van der Waals surface area contributed by atoms with Crippen molar-refractivity contribution in [3.05, 3.63) is 21.7 Å². The Kier molecular flexibility index (Phi) is 5.95. The molecule has 0 radical (unpaired) electrons. The number of hydrogen-bond acceptors (Lipinski definition) is 4. The molecule has 0 saturated carbocycles. The molecule has 4 nitrogen and oxygen atoms in total. The van der Waals surface area contributed by atoms with Crippen LogP contribution in [0.2, 0.25) is 0 Å². The summed E-state index contributed by atoms with van der Waals surface area (Å²) in [6.45, 7) is 2.07. The quantitative estimate of drug-likeness (QED) is 0.578. The highest BCUT2D eigenvalue weighted by Gasteiger charge is 2.23. The molecule has 0 spiro atoms. The van der Waals surface area contributed by atoms with Gasteiger partial charge in [0.05, 0.1) is 25.3 Å². The van der Waals surface area contributed by atoms with Gasteiger partial charge in [-0.05, 0) is 28.4 Å². The van der Waals surface area contributed by atoms with E-state index in [4.69, 9.17) is 14.2 Å². The van der Waals surface area contributed by atoms with E-state index in [2.05, 4.69) is 31.9 Å². The first-order valence-corrected chi connectivity index (χ1v) is 7.18. The van der Waals surface area contributed by atoms with Gasteiger partial charge in [-0.15, -0.1) is 0 Å². The van der Waals surface area contributed by atoms with E-state index in [0.29, 0.717) is 33.5 Å². The van der Waals surface area contributed by atoms with Crippen molar-refractivity contribution in [2.75, 3.05) is 20.8 Å². The zero-order valence-electron chi connectivity index (χ0n) is 10.4. The molecule has 0 unspecified atom stereocenters. The fourth-order valence-electron chi connectivity index (χ4n) is 1.52. The summed E-state index contributed by atoms with van der Waals surface area (Å²) in [5, 5.41) is 0.481. The Morgan fingerprint density at radius 2 is 1.89 bits per heavy atom. The monoisotopic (exact) mass is 380 g/mol. The molecule has 0 saturated heterocycles. The van der Waals surface area contributed by atoms with Crippen LogP contribution in [0.25, 0.3) is 0 Å². The number of carbonyl (C=O) groups excluding carboxylic acids is 1. The summed E-state index contributed by atoms with van der Waals surface area (Å²) in [6.07, 6.45) is 0. The lowest BCUT2D eigenvalue weighted by molar-refractivity contribution is 0.0521. The SMILES string of the molecule is CCOC(=O)c1c(OC)cc(OC)c(Br)c1CBr. The third kappa shape index (κ3) is 2.98. The van der Waals surface area contributed by atoms with Crippen LogP contribution in [0.5, 0.6) is 11.5 Å². The number of alkyl halides is 1. The summed E-state index contributed by atoms with van der Waals surface area (Å²) < 4.78 is 16.2. The van der Waals surface area contributed by atoms with Gasteiger partial charge in [-0.25, -0.2) is 4.79 Å². The highest BCUT2D eigenvalue weighted by molar-refractivity contribution is 9.11. The van der Waals surface area contributed by atoms with Crippen LogP contribution in [0.1, 0.15) is 22.8 Å². The smallest absolute Gasteiger partial charge is 0.342 e. The molecular weight excluding hydrogens is 368 g/mol. The van der Waals surface area contributed by atoms with Gasteiger partial charge < -0.3 is 14.2 Å². The van der Waals surface area contributed by atoms with Crippen LogP contribution in [0.15, 0.2) is 10.5 Å². The first-order chi connectivity index (χ1) is 8.60. The second-order valence-electron chi connectivity index (χ2n) is 3.30. The van der Waals surface area contributed by atoms with Gasteiger partial charge in [-0.2, -0.15) is 0 Å². The molecule has 1 aromatic carbocycles. The molecule has 0 fully saturated rings. The molecule has 6 heteroatoms. The van der Waals surface area contributed by atoms with Crippen LogP contribution in [-0.2, 0) is 10.1 Å². The Bertz CT molecular complexity index is 446. The minimum absolute atomic E-state index is 0.313. The molecule has 1 rings (SSSR count). The van der Waals surface area contributed by atoms with Crippen LogP contribution in [-0.4, -0.2) is 26.8 Å². The lowest BCUT2D eigenvalue weighted by Crippen LogP contribution is -2.11. The summed E-state index contributed by atoms with van der Waals surface area (Å²) in [7, 11) is 3.06. The second kappa shape index (κ2) is 6.99. The van der Waals surface area contributed by atoms with Gasteiger partial charge in [-0.3, -0.25) is 0 Å². The predicted molar refractivity (Wildman–Crippen MR) is 75.8 cm³/mol. The zero-order chi connectivity index (χ0) is 13.7. The Balaban J connectivity index is 3.46. The lowest BCUT2D eigenvalue weighted by atomic mass is 10.1. The fourth-order valence-corrected chi connectivity index (χ4v) is 3.08. The van der Waals surface area contributed by atoms with Crippen molar-refractivity contribution in [2.24, 2.45) is 0 Å². The zero-order valence-corrected chi connectivity index (χ0v) is 13.6. The number of esters is 1. The lowest BCUT2D eigenvalue weighted by Gasteiger charge is -2.16. The molecule has 100 valence electrons. The van der Waals surface area contributed by atoms with Gasteiger partial charge in [0.15, 0.2) is 0 Å². The van der Waals surface area contributed by atoms with Crippen molar-refractivity contribution in [2.45, 2.75) is 12.3 Å². The van der Waals surface area contributed by atoms with E-state index >= 15 is 0 Å². The second-order valence-corrected chi connectivity index (χ2v) is 4.66. The minimum atomic E-state index is -0.410. The van der Waals surface area contributed by atoms with Crippen molar-refractivity contribution in [3.8, 4) is 11.5 Å². The third-order valence-corrected chi connectivity index (χ3v) is 3.77. The van der Waals surface area contributed by atoms with E-state index in [1.807, 2.05) is 0 Å². The van der Waals surface area contributed by atoms with Crippen molar-refractivity contribution in [1.29, 1.82) is 0 Å². The van der Waals surface area contributed by atoms with Crippen LogP contribution < -0.4 is 9.47 Å². The number of methoxy groups -OCH3 is 2. The average molecular weight is 382 g/mol. The molecule has 0 aliphatic rings. The Morgan fingerprint density at radius 3 is 2.33 bits per heavy atom. The maximum Gasteiger partial charge on any atom is 0.342 e. The van der Waals surface area contributed by atoms with Gasteiger partial charge in [0.25, 0.3) is 0 Å². The third-order valence-electron chi connectivity index (χ3n) is 2.34. The molecule has 0 aromatic heterocycles. The van der Waals surface area contributed by atoms with E-state index < -0.39 is 5.97 Å². The fraction of sp³-hybridized carbons (Fsp3) is 0.417. The van der Waals surface area contributed by atoms with Crippen LogP contribution in [0.4, 0.5) is 0 Å². The van der Waals surface area contributed by atoms with Gasteiger partial charge >= 0.3 is 5.97 Å². The van der Waals surface area contributed by atoms with Crippen LogP contribution >= 0.6 is 31.9 Å². The van der Waals surface area contributed by atoms with Gasteiger partial charge in [0.1, 0.15) is 17.1 Å². The van der Waals surface area contributed by atoms with Crippen LogP contribution in [0, 0.1) is 0 Å². The van der Waals surface area contributed by atoms with Crippen molar-refractivity contribution >= 4 is 37.8 Å². The predicted octanol–water partition coefficient (Wildman–Crippen LogP) is 3.54. The van der Waals surface area contributed by atoms with Gasteiger partial charge in [-0.1, -0.05) is 15.9 Å². The Morgan fingerprint density at radius 1 is 1.28 bits per heavy atom. The Hall–Kier alpha value is -0.750. The van der Waals surface area contributed by atoms with E-state index in [9.17, 15) is 4.79 Å². The molecule has 18 heavy (non-hydrogen) atoms. The number of rotatable bonds is 5. The van der Waals surface area contributed by atoms with E-state index in [1.165, 1.54) is 7.11 Å². The molecular formula is C12H14Br2O4. The first-order valence-electron chi connectivity index (χ1n) is 5.27. The van der Waals surface area contributed by atoms with E-state index in [1.54, 1.807) is 20.1 Å². The summed E-state index contributed by atoms with van der Waals surface area (Å²) in [4.78, 5) is 12.0. The van der Waals surface area contributed by atoms with Crippen molar-refractivity contribution in [3.63, 3.8) is 0 Å². The maximum absolute atomic E-state index is 12.0. The molecule has 0 atom stereocenters. The van der Waals surface area contributed by atoms with E-state index in [0.717, 1.165) is 5.56 Å². The molecule has 0 bridgehead atoms. The number of hydrogen-bond donors (Lipinski definition) is 0. The Labute approximate surface area is 123 Å². The highest BCUT2D eigenvalue weighted by atomic mass is 79.9. The average Bonchev–Trinajstić information content (AvgIpc) is 2.38. The van der Waals surface area contributed by atoms with Gasteiger partial charge in [0.2, 0.25) is 0 Å². The van der Waals surface area contributed by atoms with E-state index in [-0.39, 0.29) is 0 Å². The van der Waals surface area contributed by atoms with Gasteiger partial charge in [0, 0.05) is 11.4 Å². The summed E-state index contributed by atoms with van der Waals surface area (Å²) in [5.41, 5.74) is 1.15. The molecule has 0 aliphatic heterocycles. The molecule has 0 amide bonds. The summed E-state index contributed by atoms with van der Waals surface area (Å²) >= 11 is 6.77. The molecule has 0 heterocycles. The summed E-state index contributed by atoms with van der Waals surface area (Å²) in [5.74, 6) is 0.629. The van der Waals surface area contributed by atoms with Crippen LogP contribution in [0.3, 0.4) is 0 Å². The number of halogens is 2. The molecule has 0 aliphatic carbocycles. The van der Waals surface area contributed by atoms with Crippen molar-refractivity contribution in [1.82, 2.24) is 0 Å². The molecule has 1 aromatic rings. The normalized spacial score (nSPS) is 10.1. The highest BCUT2D eigenvalue weighted by Crippen LogP contribution is 2.38. The number of ether oxygens (including phenoxy) is 3.